The first-order valence-electron chi connectivity index (χ1n) is 6.21. The second kappa shape index (κ2) is 5.44. The highest BCUT2D eigenvalue weighted by Crippen LogP contribution is 2.13. The fourth-order valence-corrected chi connectivity index (χ4v) is 1.88. The van der Waals surface area contributed by atoms with E-state index in [0.29, 0.717) is 18.1 Å². The van der Waals surface area contributed by atoms with Crippen molar-refractivity contribution < 1.29 is 0 Å². The van der Waals surface area contributed by atoms with E-state index < -0.39 is 0 Å². The lowest BCUT2D eigenvalue weighted by Crippen LogP contribution is -2.21. The van der Waals surface area contributed by atoms with E-state index in [0.717, 1.165) is 5.56 Å². The van der Waals surface area contributed by atoms with E-state index >= 15 is 0 Å². The lowest BCUT2D eigenvalue weighted by Gasteiger charge is -2.05. The van der Waals surface area contributed by atoms with Gasteiger partial charge in [0.1, 0.15) is 5.82 Å². The van der Waals surface area contributed by atoms with Gasteiger partial charge in [0.15, 0.2) is 0 Å². The summed E-state index contributed by atoms with van der Waals surface area (Å²) in [6, 6.07) is 12.9. The third-order valence-corrected chi connectivity index (χ3v) is 2.88. The SMILES string of the molecule is O=c1cc(-c2ccccc2)ncn1Cc1ncccn1. The zero-order chi connectivity index (χ0) is 13.8. The van der Waals surface area contributed by atoms with Gasteiger partial charge in [-0.15, -0.1) is 0 Å². The maximum absolute atomic E-state index is 12.1. The predicted octanol–water partition coefficient (Wildman–Crippen LogP) is 1.75. The van der Waals surface area contributed by atoms with Crippen LogP contribution in [0.2, 0.25) is 0 Å². The molecule has 0 saturated carbocycles. The number of hydrogen-bond acceptors (Lipinski definition) is 4. The quantitative estimate of drug-likeness (QED) is 0.723. The third kappa shape index (κ3) is 2.61. The Labute approximate surface area is 115 Å². The normalized spacial score (nSPS) is 10.4. The molecule has 0 fully saturated rings. The maximum atomic E-state index is 12.1. The fourth-order valence-electron chi connectivity index (χ4n) is 1.88. The molecule has 0 amide bonds. The van der Waals surface area contributed by atoms with E-state index in [1.54, 1.807) is 18.5 Å². The van der Waals surface area contributed by atoms with Crippen LogP contribution in [-0.4, -0.2) is 19.5 Å². The molecule has 0 unspecified atom stereocenters. The summed E-state index contributed by atoms with van der Waals surface area (Å²) in [5.41, 5.74) is 1.47. The molecule has 2 heterocycles. The molecule has 0 aliphatic heterocycles. The van der Waals surface area contributed by atoms with E-state index in [1.807, 2.05) is 30.3 Å². The van der Waals surface area contributed by atoms with Crippen molar-refractivity contribution in [2.75, 3.05) is 0 Å². The topological polar surface area (TPSA) is 60.7 Å². The van der Waals surface area contributed by atoms with E-state index in [2.05, 4.69) is 15.0 Å². The van der Waals surface area contributed by atoms with E-state index in [1.165, 1.54) is 17.0 Å². The Morgan fingerprint density at radius 1 is 0.950 bits per heavy atom. The molecule has 3 rings (SSSR count). The van der Waals surface area contributed by atoms with E-state index in [4.69, 9.17) is 0 Å². The van der Waals surface area contributed by atoms with Gasteiger partial charge >= 0.3 is 0 Å². The summed E-state index contributed by atoms with van der Waals surface area (Å²) in [4.78, 5) is 24.6. The van der Waals surface area contributed by atoms with Gasteiger partial charge in [0.25, 0.3) is 5.56 Å². The molecule has 1 aromatic carbocycles. The molecule has 0 spiro atoms. The molecule has 0 N–H and O–H groups in total. The lowest BCUT2D eigenvalue weighted by molar-refractivity contribution is 0.698. The van der Waals surface area contributed by atoms with Crippen LogP contribution in [0.5, 0.6) is 0 Å². The first kappa shape index (κ1) is 12.2. The van der Waals surface area contributed by atoms with Gasteiger partial charge in [0.2, 0.25) is 0 Å². The Balaban J connectivity index is 1.91. The van der Waals surface area contributed by atoms with Crippen LogP contribution in [0.3, 0.4) is 0 Å². The van der Waals surface area contributed by atoms with Crippen LogP contribution in [0.1, 0.15) is 5.82 Å². The largest absolute Gasteiger partial charge is 0.291 e. The number of aromatic nitrogens is 4. The van der Waals surface area contributed by atoms with Crippen molar-refractivity contribution in [2.24, 2.45) is 0 Å². The molecular formula is C15H12N4O. The van der Waals surface area contributed by atoms with Crippen LogP contribution in [-0.2, 0) is 6.54 Å². The molecule has 98 valence electrons. The summed E-state index contributed by atoms with van der Waals surface area (Å²) < 4.78 is 1.49. The Bertz CT molecular complexity index is 754. The molecule has 0 saturated heterocycles. The standard InChI is InChI=1S/C15H12N4O/c20-15-9-13(12-5-2-1-3-6-12)18-11-19(15)10-14-16-7-4-8-17-14/h1-9,11H,10H2. The van der Waals surface area contributed by atoms with Gasteiger partial charge in [-0.25, -0.2) is 15.0 Å². The second-order valence-corrected chi connectivity index (χ2v) is 4.27. The van der Waals surface area contributed by atoms with Crippen molar-refractivity contribution in [3.05, 3.63) is 77.4 Å². The zero-order valence-corrected chi connectivity index (χ0v) is 10.7. The van der Waals surface area contributed by atoms with Gasteiger partial charge in [-0.05, 0) is 6.07 Å². The highest BCUT2D eigenvalue weighted by molar-refractivity contribution is 5.57. The van der Waals surface area contributed by atoms with E-state index in [-0.39, 0.29) is 5.56 Å². The van der Waals surface area contributed by atoms with Gasteiger partial charge < -0.3 is 0 Å². The number of rotatable bonds is 3. The van der Waals surface area contributed by atoms with Crippen molar-refractivity contribution in [3.63, 3.8) is 0 Å². The van der Waals surface area contributed by atoms with Crippen molar-refractivity contribution in [1.29, 1.82) is 0 Å². The van der Waals surface area contributed by atoms with Crippen LogP contribution in [0.25, 0.3) is 11.3 Å². The Morgan fingerprint density at radius 3 is 2.40 bits per heavy atom. The Kier molecular flexibility index (Phi) is 3.33. The highest BCUT2D eigenvalue weighted by Gasteiger charge is 2.04. The summed E-state index contributed by atoms with van der Waals surface area (Å²) >= 11 is 0. The minimum Gasteiger partial charge on any atom is -0.291 e. The molecule has 0 bridgehead atoms. The molecule has 0 aliphatic rings. The summed E-state index contributed by atoms with van der Waals surface area (Å²) in [7, 11) is 0. The number of hydrogen-bond donors (Lipinski definition) is 0. The van der Waals surface area contributed by atoms with Crippen LogP contribution < -0.4 is 5.56 Å². The van der Waals surface area contributed by atoms with Crippen LogP contribution in [0.15, 0.2) is 66.0 Å². The Morgan fingerprint density at radius 2 is 1.70 bits per heavy atom. The van der Waals surface area contributed by atoms with Crippen molar-refractivity contribution in [3.8, 4) is 11.3 Å². The van der Waals surface area contributed by atoms with Crippen LogP contribution in [0.4, 0.5) is 0 Å². The minimum absolute atomic E-state index is 0.119. The van der Waals surface area contributed by atoms with Crippen molar-refractivity contribution >= 4 is 0 Å². The van der Waals surface area contributed by atoms with Gasteiger partial charge in [-0.1, -0.05) is 30.3 Å². The molecule has 0 radical (unpaired) electrons. The first-order valence-corrected chi connectivity index (χ1v) is 6.21. The molecule has 20 heavy (non-hydrogen) atoms. The summed E-state index contributed by atoms with van der Waals surface area (Å²) in [5.74, 6) is 0.587. The molecule has 2 aromatic heterocycles. The summed E-state index contributed by atoms with van der Waals surface area (Å²) in [5, 5.41) is 0. The maximum Gasteiger partial charge on any atom is 0.254 e. The average molecular weight is 264 g/mol. The van der Waals surface area contributed by atoms with Gasteiger partial charge in [-0.2, -0.15) is 0 Å². The van der Waals surface area contributed by atoms with Crippen molar-refractivity contribution in [1.82, 2.24) is 19.5 Å². The molecule has 0 atom stereocenters. The smallest absolute Gasteiger partial charge is 0.254 e. The average Bonchev–Trinajstić information content (AvgIpc) is 2.51. The molecular weight excluding hydrogens is 252 g/mol. The lowest BCUT2D eigenvalue weighted by atomic mass is 10.1. The molecule has 0 aliphatic carbocycles. The van der Waals surface area contributed by atoms with Gasteiger partial charge in [0.05, 0.1) is 18.6 Å². The van der Waals surface area contributed by atoms with Crippen molar-refractivity contribution in [2.45, 2.75) is 6.54 Å². The minimum atomic E-state index is -0.119. The number of benzene rings is 1. The van der Waals surface area contributed by atoms with Gasteiger partial charge in [0, 0.05) is 24.0 Å². The Hall–Kier alpha value is -2.82. The van der Waals surface area contributed by atoms with E-state index in [9.17, 15) is 4.79 Å². The summed E-state index contributed by atoms with van der Waals surface area (Å²) in [6.45, 7) is 0.321. The second-order valence-electron chi connectivity index (χ2n) is 4.27. The highest BCUT2D eigenvalue weighted by atomic mass is 16.1. The molecule has 3 aromatic rings. The zero-order valence-electron chi connectivity index (χ0n) is 10.7. The number of nitrogens with zero attached hydrogens (tertiary/aromatic N) is 4. The molecule has 5 heteroatoms. The third-order valence-electron chi connectivity index (χ3n) is 2.88. The first-order chi connectivity index (χ1) is 9.83. The molecule has 5 nitrogen and oxygen atoms in total. The van der Waals surface area contributed by atoms with Crippen LogP contribution >= 0.6 is 0 Å². The van der Waals surface area contributed by atoms with Gasteiger partial charge in [-0.3, -0.25) is 9.36 Å². The predicted molar refractivity (Wildman–Crippen MR) is 75.1 cm³/mol. The fraction of sp³-hybridized carbons (Fsp3) is 0.0667. The van der Waals surface area contributed by atoms with Crippen LogP contribution in [0, 0.1) is 0 Å². The summed E-state index contributed by atoms with van der Waals surface area (Å²) in [6.07, 6.45) is 4.83. The monoisotopic (exact) mass is 264 g/mol.